The van der Waals surface area contributed by atoms with Gasteiger partial charge in [0.2, 0.25) is 0 Å². The van der Waals surface area contributed by atoms with Crippen molar-refractivity contribution >= 4 is 33.2 Å². The van der Waals surface area contributed by atoms with Crippen LogP contribution in [0.4, 0.5) is 0 Å². The number of fused-ring (bicyclic) bond motifs is 1. The second-order valence-electron chi connectivity index (χ2n) is 4.87. The van der Waals surface area contributed by atoms with Gasteiger partial charge >= 0.3 is 0 Å². The topological polar surface area (TPSA) is 24.9 Å². The molecule has 4 heteroatoms. The van der Waals surface area contributed by atoms with E-state index >= 15 is 0 Å². The highest BCUT2D eigenvalue weighted by Crippen LogP contribution is 2.31. The van der Waals surface area contributed by atoms with E-state index < -0.39 is 0 Å². The lowest BCUT2D eigenvalue weighted by atomic mass is 10.0. The fourth-order valence-electron chi connectivity index (χ4n) is 2.48. The van der Waals surface area contributed by atoms with Crippen molar-refractivity contribution in [2.75, 3.05) is 6.54 Å². The average molecular weight is 281 g/mol. The van der Waals surface area contributed by atoms with Crippen LogP contribution in [0, 0.1) is 0 Å². The molecule has 96 valence electrons. The molecule has 0 spiro atoms. The summed E-state index contributed by atoms with van der Waals surface area (Å²) in [5.41, 5.74) is 1.03. The Morgan fingerprint density at radius 3 is 3.06 bits per heavy atom. The molecule has 0 aliphatic carbocycles. The number of nitrogens with zero attached hydrogens (tertiary/aromatic N) is 1. The maximum Gasteiger partial charge on any atom is 0.111 e. The summed E-state index contributed by atoms with van der Waals surface area (Å²) < 4.78 is 1.23. The Bertz CT molecular complexity index is 530. The van der Waals surface area contributed by atoms with Gasteiger partial charge in [0.25, 0.3) is 0 Å². The van der Waals surface area contributed by atoms with Crippen molar-refractivity contribution in [2.24, 2.45) is 0 Å². The minimum absolute atomic E-state index is 0.432. The number of nitrogens with one attached hydrogen (secondary N) is 1. The number of aromatic nitrogens is 1. The molecular weight excluding hydrogens is 264 g/mol. The van der Waals surface area contributed by atoms with Crippen molar-refractivity contribution in [3.05, 3.63) is 28.2 Å². The molecule has 0 amide bonds. The van der Waals surface area contributed by atoms with Gasteiger partial charge < -0.3 is 5.32 Å². The zero-order chi connectivity index (χ0) is 12.4. The van der Waals surface area contributed by atoms with E-state index in [2.05, 4.69) is 11.4 Å². The first kappa shape index (κ1) is 12.4. The van der Waals surface area contributed by atoms with Crippen LogP contribution >= 0.6 is 22.9 Å². The Morgan fingerprint density at radius 1 is 1.22 bits per heavy atom. The number of rotatable bonds is 1. The zero-order valence-corrected chi connectivity index (χ0v) is 11.9. The Balaban J connectivity index is 1.87. The molecule has 2 nitrogen and oxygen atoms in total. The number of halogens is 1. The van der Waals surface area contributed by atoms with Gasteiger partial charge in [-0.2, -0.15) is 0 Å². The number of hydrogen-bond acceptors (Lipinski definition) is 3. The normalized spacial score (nSPS) is 21.7. The lowest BCUT2D eigenvalue weighted by Gasteiger charge is -2.19. The molecule has 0 radical (unpaired) electrons. The van der Waals surface area contributed by atoms with Crippen LogP contribution in [0.25, 0.3) is 10.2 Å². The lowest BCUT2D eigenvalue weighted by molar-refractivity contribution is 0.426. The molecule has 1 aromatic carbocycles. The van der Waals surface area contributed by atoms with Crippen LogP contribution in [0.1, 0.15) is 43.2 Å². The summed E-state index contributed by atoms with van der Waals surface area (Å²) in [5.74, 6) is 0. The molecule has 3 rings (SSSR count). The molecule has 2 aromatic rings. The largest absolute Gasteiger partial charge is 0.308 e. The molecule has 18 heavy (non-hydrogen) atoms. The van der Waals surface area contributed by atoms with E-state index in [-0.39, 0.29) is 0 Å². The predicted octanol–water partition coefficient (Wildman–Crippen LogP) is 4.54. The van der Waals surface area contributed by atoms with Crippen molar-refractivity contribution in [2.45, 2.75) is 38.1 Å². The fourth-order valence-corrected chi connectivity index (χ4v) is 3.71. The fraction of sp³-hybridized carbons (Fsp3) is 0.500. The van der Waals surface area contributed by atoms with Gasteiger partial charge in [0.1, 0.15) is 5.01 Å². The summed E-state index contributed by atoms with van der Waals surface area (Å²) in [4.78, 5) is 4.74. The zero-order valence-electron chi connectivity index (χ0n) is 10.3. The van der Waals surface area contributed by atoms with E-state index in [9.17, 15) is 0 Å². The third kappa shape index (κ3) is 2.68. The van der Waals surface area contributed by atoms with E-state index in [0.717, 1.165) is 17.1 Å². The number of hydrogen-bond donors (Lipinski definition) is 1. The third-order valence-corrected chi connectivity index (χ3v) is 4.86. The van der Waals surface area contributed by atoms with Crippen molar-refractivity contribution < 1.29 is 0 Å². The minimum atomic E-state index is 0.432. The van der Waals surface area contributed by atoms with E-state index in [0.29, 0.717) is 6.04 Å². The van der Waals surface area contributed by atoms with Gasteiger partial charge in [-0.25, -0.2) is 4.98 Å². The quantitative estimate of drug-likeness (QED) is 0.829. The highest BCUT2D eigenvalue weighted by atomic mass is 35.5. The molecule has 1 aromatic heterocycles. The smallest absolute Gasteiger partial charge is 0.111 e. The van der Waals surface area contributed by atoms with Crippen LogP contribution in [0.5, 0.6) is 0 Å². The van der Waals surface area contributed by atoms with Gasteiger partial charge in [-0.1, -0.05) is 30.9 Å². The second-order valence-corrected chi connectivity index (χ2v) is 6.37. The lowest BCUT2D eigenvalue weighted by Crippen LogP contribution is -2.23. The maximum absolute atomic E-state index is 6.01. The molecule has 0 saturated carbocycles. The van der Waals surface area contributed by atoms with Crippen LogP contribution in [0.15, 0.2) is 18.2 Å². The minimum Gasteiger partial charge on any atom is -0.308 e. The molecule has 1 saturated heterocycles. The molecule has 1 fully saturated rings. The Labute approximate surface area is 116 Å². The molecule has 1 atom stereocenters. The average Bonchev–Trinajstić information content (AvgIpc) is 2.71. The highest BCUT2D eigenvalue weighted by molar-refractivity contribution is 7.18. The van der Waals surface area contributed by atoms with E-state index in [1.165, 1.54) is 41.8 Å². The van der Waals surface area contributed by atoms with Crippen molar-refractivity contribution in [1.82, 2.24) is 10.3 Å². The first-order chi connectivity index (χ1) is 8.83. The summed E-state index contributed by atoms with van der Waals surface area (Å²) in [6.45, 7) is 1.11. The predicted molar refractivity (Wildman–Crippen MR) is 78.5 cm³/mol. The van der Waals surface area contributed by atoms with Gasteiger partial charge in [0.05, 0.1) is 16.3 Å². The third-order valence-electron chi connectivity index (χ3n) is 3.47. The number of thiazole rings is 1. The van der Waals surface area contributed by atoms with Gasteiger partial charge in [-0.15, -0.1) is 11.3 Å². The van der Waals surface area contributed by atoms with E-state index in [1.54, 1.807) is 11.3 Å². The first-order valence-corrected chi connectivity index (χ1v) is 7.82. The maximum atomic E-state index is 6.01. The van der Waals surface area contributed by atoms with E-state index in [4.69, 9.17) is 16.6 Å². The molecular formula is C14H17ClN2S. The van der Waals surface area contributed by atoms with Crippen LogP contribution < -0.4 is 5.32 Å². The van der Waals surface area contributed by atoms with Crippen LogP contribution in [-0.4, -0.2) is 11.5 Å². The molecule has 1 aliphatic heterocycles. The Morgan fingerprint density at radius 2 is 2.11 bits per heavy atom. The first-order valence-electron chi connectivity index (χ1n) is 6.62. The Kier molecular flexibility index (Phi) is 3.83. The van der Waals surface area contributed by atoms with Gasteiger partial charge in [-0.3, -0.25) is 0 Å². The van der Waals surface area contributed by atoms with Crippen LogP contribution in [0.3, 0.4) is 0 Å². The summed E-state index contributed by atoms with van der Waals surface area (Å²) in [6, 6.07) is 6.40. The SMILES string of the molecule is Clc1ccc2sc(C3CCCCCCN3)nc2c1. The second kappa shape index (κ2) is 5.55. The van der Waals surface area contributed by atoms with Gasteiger partial charge in [0, 0.05) is 5.02 Å². The summed E-state index contributed by atoms with van der Waals surface area (Å²) in [6.07, 6.45) is 6.50. The van der Waals surface area contributed by atoms with Crippen LogP contribution in [-0.2, 0) is 0 Å². The summed E-state index contributed by atoms with van der Waals surface area (Å²) in [7, 11) is 0. The molecule has 1 unspecified atom stereocenters. The van der Waals surface area contributed by atoms with Crippen LogP contribution in [0.2, 0.25) is 5.02 Å². The number of benzene rings is 1. The van der Waals surface area contributed by atoms with Gasteiger partial charge in [0.15, 0.2) is 0 Å². The molecule has 1 aliphatic rings. The summed E-state index contributed by atoms with van der Waals surface area (Å²) >= 11 is 7.81. The van der Waals surface area contributed by atoms with Crippen molar-refractivity contribution in [1.29, 1.82) is 0 Å². The van der Waals surface area contributed by atoms with Gasteiger partial charge in [-0.05, 0) is 37.6 Å². The van der Waals surface area contributed by atoms with Crippen molar-refractivity contribution in [3.8, 4) is 0 Å². The highest BCUT2D eigenvalue weighted by Gasteiger charge is 2.17. The summed E-state index contributed by atoms with van der Waals surface area (Å²) in [5, 5.41) is 5.61. The molecule has 2 heterocycles. The van der Waals surface area contributed by atoms with E-state index in [1.807, 2.05) is 12.1 Å². The Hall–Kier alpha value is -0.640. The molecule has 0 bridgehead atoms. The monoisotopic (exact) mass is 280 g/mol. The standard InChI is InChI=1S/C14H17ClN2S/c15-10-6-7-13-12(9-10)17-14(18-13)11-5-3-1-2-4-8-16-11/h6-7,9,11,16H,1-5,8H2. The van der Waals surface area contributed by atoms with Crippen molar-refractivity contribution in [3.63, 3.8) is 0 Å². The molecule has 1 N–H and O–H groups in total.